The maximum absolute atomic E-state index is 13.4. The SMILES string of the molecule is [CH2]c1ccc(C2(OCC)CC(F)(F)C(=O)N2)cc1. The molecule has 0 spiro atoms. The Kier molecular flexibility index (Phi) is 3.11. The molecule has 1 aliphatic heterocycles. The average molecular weight is 254 g/mol. The van der Waals surface area contributed by atoms with Gasteiger partial charge in [-0.2, -0.15) is 8.78 Å². The lowest BCUT2D eigenvalue weighted by atomic mass is 9.98. The molecule has 1 aliphatic rings. The van der Waals surface area contributed by atoms with E-state index in [2.05, 4.69) is 12.2 Å². The topological polar surface area (TPSA) is 38.3 Å². The number of rotatable bonds is 3. The third-order valence-electron chi connectivity index (χ3n) is 2.93. The molecule has 0 bridgehead atoms. The second kappa shape index (κ2) is 4.31. The number of carbonyl (C=O) groups excluding carboxylic acids is 1. The summed E-state index contributed by atoms with van der Waals surface area (Å²) < 4.78 is 32.2. The molecule has 18 heavy (non-hydrogen) atoms. The predicted molar refractivity (Wildman–Crippen MR) is 61.9 cm³/mol. The molecule has 3 nitrogen and oxygen atoms in total. The van der Waals surface area contributed by atoms with Gasteiger partial charge < -0.3 is 10.1 Å². The van der Waals surface area contributed by atoms with Crippen molar-refractivity contribution in [3.05, 3.63) is 42.3 Å². The number of alkyl halides is 2. The minimum Gasteiger partial charge on any atom is -0.351 e. The molecule has 1 fully saturated rings. The molecule has 0 aliphatic carbocycles. The zero-order valence-electron chi connectivity index (χ0n) is 10.0. The van der Waals surface area contributed by atoms with Gasteiger partial charge in [0.1, 0.15) is 0 Å². The standard InChI is InChI=1S/C13H14F2NO2/c1-3-18-13(8-12(14,15)11(17)16-13)10-6-4-9(2)5-7-10/h4-7H,2-3,8H2,1H3,(H,16,17). The third kappa shape index (κ3) is 2.10. The zero-order valence-corrected chi connectivity index (χ0v) is 10.0. The van der Waals surface area contributed by atoms with Crippen LogP contribution in [0.2, 0.25) is 0 Å². The highest BCUT2D eigenvalue weighted by molar-refractivity contribution is 5.86. The number of carbonyl (C=O) groups is 1. The van der Waals surface area contributed by atoms with E-state index in [1.54, 1.807) is 31.2 Å². The van der Waals surface area contributed by atoms with Crippen molar-refractivity contribution in [1.82, 2.24) is 5.32 Å². The number of amides is 1. The number of ether oxygens (including phenoxy) is 1. The van der Waals surface area contributed by atoms with Crippen molar-refractivity contribution in [3.8, 4) is 0 Å². The van der Waals surface area contributed by atoms with E-state index in [0.29, 0.717) is 5.56 Å². The average Bonchev–Trinajstić information content (AvgIpc) is 2.51. The molecule has 1 amide bonds. The van der Waals surface area contributed by atoms with Crippen LogP contribution in [0.4, 0.5) is 8.78 Å². The summed E-state index contributed by atoms with van der Waals surface area (Å²) in [5, 5.41) is 2.26. The Morgan fingerprint density at radius 2 is 2.00 bits per heavy atom. The van der Waals surface area contributed by atoms with Crippen molar-refractivity contribution in [2.45, 2.75) is 25.0 Å². The van der Waals surface area contributed by atoms with Crippen molar-refractivity contribution in [2.24, 2.45) is 0 Å². The number of hydrogen-bond donors (Lipinski definition) is 1. The van der Waals surface area contributed by atoms with Crippen molar-refractivity contribution < 1.29 is 18.3 Å². The summed E-state index contributed by atoms with van der Waals surface area (Å²) in [5.41, 5.74) is -0.174. The van der Waals surface area contributed by atoms with Crippen LogP contribution in [0.3, 0.4) is 0 Å². The monoisotopic (exact) mass is 254 g/mol. The van der Waals surface area contributed by atoms with Crippen LogP contribution < -0.4 is 5.32 Å². The van der Waals surface area contributed by atoms with Gasteiger partial charge in [-0.1, -0.05) is 24.3 Å². The molecule has 1 aromatic rings. The lowest BCUT2D eigenvalue weighted by Gasteiger charge is -2.29. The quantitative estimate of drug-likeness (QED) is 0.898. The molecule has 1 unspecified atom stereocenters. The van der Waals surface area contributed by atoms with Crippen molar-refractivity contribution in [1.29, 1.82) is 0 Å². The van der Waals surface area contributed by atoms with Gasteiger partial charge in [0.2, 0.25) is 0 Å². The zero-order chi connectivity index (χ0) is 13.4. The summed E-state index contributed by atoms with van der Waals surface area (Å²) in [7, 11) is 0. The highest BCUT2D eigenvalue weighted by Crippen LogP contribution is 2.40. The first-order valence-corrected chi connectivity index (χ1v) is 5.66. The van der Waals surface area contributed by atoms with Crippen LogP contribution in [0, 0.1) is 6.92 Å². The Morgan fingerprint density at radius 1 is 1.39 bits per heavy atom. The van der Waals surface area contributed by atoms with Crippen LogP contribution in [-0.2, 0) is 15.3 Å². The van der Waals surface area contributed by atoms with Gasteiger partial charge in [0, 0.05) is 12.2 Å². The first kappa shape index (κ1) is 13.0. The van der Waals surface area contributed by atoms with E-state index in [-0.39, 0.29) is 6.61 Å². The molecule has 1 radical (unpaired) electrons. The second-order valence-electron chi connectivity index (χ2n) is 4.29. The molecule has 1 aromatic carbocycles. The molecule has 1 N–H and O–H groups in total. The van der Waals surface area contributed by atoms with Gasteiger partial charge in [-0.05, 0) is 19.4 Å². The number of nitrogens with one attached hydrogen (secondary N) is 1. The van der Waals surface area contributed by atoms with Crippen LogP contribution in [0.5, 0.6) is 0 Å². The highest BCUT2D eigenvalue weighted by atomic mass is 19.3. The smallest absolute Gasteiger partial charge is 0.329 e. The van der Waals surface area contributed by atoms with Gasteiger partial charge in [0.15, 0.2) is 5.72 Å². The molecule has 0 saturated carbocycles. The van der Waals surface area contributed by atoms with Crippen molar-refractivity contribution in [2.75, 3.05) is 6.61 Å². The van der Waals surface area contributed by atoms with E-state index in [4.69, 9.17) is 4.74 Å². The molecule has 2 rings (SSSR count). The normalized spacial score (nSPS) is 26.1. The van der Waals surface area contributed by atoms with Gasteiger partial charge in [-0.3, -0.25) is 4.79 Å². The Hall–Kier alpha value is -1.49. The first-order chi connectivity index (χ1) is 8.39. The van der Waals surface area contributed by atoms with Gasteiger partial charge in [-0.15, -0.1) is 0 Å². The van der Waals surface area contributed by atoms with Crippen LogP contribution in [0.15, 0.2) is 24.3 Å². The minimum absolute atomic E-state index is 0.225. The summed E-state index contributed by atoms with van der Waals surface area (Å²) in [6.07, 6.45) is -0.691. The summed E-state index contributed by atoms with van der Waals surface area (Å²) in [5.74, 6) is -4.70. The molecule has 1 saturated heterocycles. The fourth-order valence-electron chi connectivity index (χ4n) is 2.08. The molecule has 5 heteroatoms. The minimum atomic E-state index is -3.40. The number of hydrogen-bond acceptors (Lipinski definition) is 2. The number of halogens is 2. The van der Waals surface area contributed by atoms with Gasteiger partial charge in [0.25, 0.3) is 5.91 Å². The van der Waals surface area contributed by atoms with E-state index >= 15 is 0 Å². The van der Waals surface area contributed by atoms with E-state index < -0.39 is 24.0 Å². The Balaban J connectivity index is 2.40. The van der Waals surface area contributed by atoms with Crippen LogP contribution in [0.25, 0.3) is 0 Å². The lowest BCUT2D eigenvalue weighted by molar-refractivity contribution is -0.139. The second-order valence-corrected chi connectivity index (χ2v) is 4.29. The van der Waals surface area contributed by atoms with E-state index in [9.17, 15) is 13.6 Å². The molecule has 1 heterocycles. The Labute approximate surface area is 104 Å². The molecule has 1 atom stereocenters. The predicted octanol–water partition coefficient (Wildman–Crippen LogP) is 2.21. The van der Waals surface area contributed by atoms with Gasteiger partial charge in [-0.25, -0.2) is 0 Å². The molecule has 0 aromatic heterocycles. The Bertz CT molecular complexity index is 459. The van der Waals surface area contributed by atoms with E-state index in [1.807, 2.05) is 0 Å². The first-order valence-electron chi connectivity index (χ1n) is 5.66. The van der Waals surface area contributed by atoms with E-state index in [1.165, 1.54) is 0 Å². The number of benzene rings is 1. The summed E-state index contributed by atoms with van der Waals surface area (Å²) in [4.78, 5) is 11.3. The Morgan fingerprint density at radius 3 is 2.44 bits per heavy atom. The van der Waals surface area contributed by atoms with Crippen LogP contribution in [0.1, 0.15) is 24.5 Å². The van der Waals surface area contributed by atoms with Gasteiger partial charge >= 0.3 is 5.92 Å². The molecule has 97 valence electrons. The summed E-state index contributed by atoms with van der Waals surface area (Å²) in [6.45, 7) is 5.64. The maximum atomic E-state index is 13.4. The highest BCUT2D eigenvalue weighted by Gasteiger charge is 2.57. The third-order valence-corrected chi connectivity index (χ3v) is 2.93. The fraction of sp³-hybridized carbons (Fsp3) is 0.385. The largest absolute Gasteiger partial charge is 0.351 e. The van der Waals surface area contributed by atoms with E-state index in [0.717, 1.165) is 5.56 Å². The molecular weight excluding hydrogens is 240 g/mol. The van der Waals surface area contributed by atoms with Crippen LogP contribution >= 0.6 is 0 Å². The maximum Gasteiger partial charge on any atom is 0.329 e. The molecular formula is C13H14F2NO2. The lowest BCUT2D eigenvalue weighted by Crippen LogP contribution is -2.41. The van der Waals surface area contributed by atoms with Crippen LogP contribution in [-0.4, -0.2) is 18.4 Å². The van der Waals surface area contributed by atoms with Gasteiger partial charge in [0.05, 0.1) is 6.42 Å². The van der Waals surface area contributed by atoms with Crippen molar-refractivity contribution in [3.63, 3.8) is 0 Å². The summed E-state index contributed by atoms with van der Waals surface area (Å²) >= 11 is 0. The fourth-order valence-corrected chi connectivity index (χ4v) is 2.08. The van der Waals surface area contributed by atoms with Crippen molar-refractivity contribution >= 4 is 5.91 Å². The summed E-state index contributed by atoms with van der Waals surface area (Å²) in [6, 6.07) is 6.66.